The largest absolute Gasteiger partial charge is 0.369 e. The summed E-state index contributed by atoms with van der Waals surface area (Å²) in [5.41, 5.74) is 14.8. The lowest BCUT2D eigenvalue weighted by atomic mass is 10.1. The molecule has 0 aliphatic carbocycles. The second-order valence-corrected chi connectivity index (χ2v) is 9.18. The fourth-order valence-corrected chi connectivity index (χ4v) is 4.87. The van der Waals surface area contributed by atoms with E-state index < -0.39 is 5.91 Å². The predicted octanol–water partition coefficient (Wildman–Crippen LogP) is 3.01. The van der Waals surface area contributed by atoms with Crippen molar-refractivity contribution in [1.29, 1.82) is 0 Å². The van der Waals surface area contributed by atoms with Crippen molar-refractivity contribution in [3.05, 3.63) is 53.2 Å². The zero-order valence-electron chi connectivity index (χ0n) is 18.8. The Morgan fingerprint density at radius 2 is 2.00 bits per heavy atom. The number of anilines is 3. The number of rotatable bonds is 8. The maximum atomic E-state index is 11.2. The summed E-state index contributed by atoms with van der Waals surface area (Å²) < 4.78 is 0. The van der Waals surface area contributed by atoms with Gasteiger partial charge in [0.25, 0.3) is 0 Å². The molecule has 8 nitrogen and oxygen atoms in total. The maximum absolute atomic E-state index is 11.2. The van der Waals surface area contributed by atoms with E-state index in [1.165, 1.54) is 11.6 Å². The molecule has 33 heavy (non-hydrogen) atoms. The van der Waals surface area contributed by atoms with Gasteiger partial charge in [-0.1, -0.05) is 18.2 Å². The number of nitrogens with zero attached hydrogens (tertiary/aromatic N) is 4. The number of nitrogens with one attached hydrogen (secondary N) is 1. The Bertz CT molecular complexity index is 1170. The zero-order valence-corrected chi connectivity index (χ0v) is 19.6. The van der Waals surface area contributed by atoms with E-state index in [0.717, 1.165) is 54.2 Å². The Morgan fingerprint density at radius 3 is 2.79 bits per heavy atom. The highest BCUT2D eigenvalue weighted by Gasteiger charge is 2.17. The van der Waals surface area contributed by atoms with E-state index in [2.05, 4.69) is 44.5 Å². The van der Waals surface area contributed by atoms with E-state index in [1.807, 2.05) is 24.8 Å². The summed E-state index contributed by atoms with van der Waals surface area (Å²) in [6.07, 6.45) is 4.70. The summed E-state index contributed by atoms with van der Waals surface area (Å²) in [6, 6.07) is 10.5. The third-order valence-electron chi connectivity index (χ3n) is 5.57. The van der Waals surface area contributed by atoms with Crippen molar-refractivity contribution >= 4 is 52.2 Å². The van der Waals surface area contributed by atoms with Crippen LogP contribution in [0, 0.1) is 6.92 Å². The average Bonchev–Trinajstić information content (AvgIpc) is 2.81. The molecule has 1 amide bonds. The molecular weight excluding hydrogens is 434 g/mol. The number of carbonyl (C=O) groups is 1. The number of pyridine rings is 1. The van der Waals surface area contributed by atoms with Crippen LogP contribution >= 0.6 is 11.8 Å². The number of carbonyl (C=O) groups excluding carboxylic acids is 1. The predicted molar refractivity (Wildman–Crippen MR) is 138 cm³/mol. The Balaban J connectivity index is 1.50. The van der Waals surface area contributed by atoms with Gasteiger partial charge in [-0.05, 0) is 43.5 Å². The second-order valence-electron chi connectivity index (χ2n) is 7.96. The third kappa shape index (κ3) is 5.73. The van der Waals surface area contributed by atoms with Crippen molar-refractivity contribution in [3.8, 4) is 0 Å². The zero-order chi connectivity index (χ0) is 23.2. The lowest BCUT2D eigenvalue weighted by molar-refractivity contribution is -0.113. The second kappa shape index (κ2) is 10.5. The first-order valence-corrected chi connectivity index (χ1v) is 12.2. The molecule has 1 saturated heterocycles. The van der Waals surface area contributed by atoms with Gasteiger partial charge in [-0.2, -0.15) is 16.7 Å². The van der Waals surface area contributed by atoms with Crippen LogP contribution in [0.25, 0.3) is 17.0 Å². The van der Waals surface area contributed by atoms with E-state index in [1.54, 1.807) is 6.08 Å². The molecule has 1 aliphatic rings. The highest BCUT2D eigenvalue weighted by atomic mass is 32.2. The van der Waals surface area contributed by atoms with Gasteiger partial charge in [0.1, 0.15) is 11.6 Å². The maximum Gasteiger partial charge on any atom is 0.241 e. The number of primary amides is 1. The third-order valence-corrected chi connectivity index (χ3v) is 6.52. The molecule has 0 saturated carbocycles. The number of amides is 1. The molecule has 0 unspecified atom stereocenters. The van der Waals surface area contributed by atoms with Gasteiger partial charge in [0.15, 0.2) is 0 Å². The van der Waals surface area contributed by atoms with Crippen molar-refractivity contribution in [3.63, 3.8) is 0 Å². The molecule has 1 aromatic carbocycles. The van der Waals surface area contributed by atoms with Crippen LogP contribution in [0.1, 0.15) is 23.2 Å². The summed E-state index contributed by atoms with van der Waals surface area (Å²) in [5.74, 6) is 3.63. The van der Waals surface area contributed by atoms with Crippen molar-refractivity contribution in [2.24, 2.45) is 5.73 Å². The van der Waals surface area contributed by atoms with Crippen LogP contribution < -0.4 is 21.7 Å². The van der Waals surface area contributed by atoms with Gasteiger partial charge in [-0.3, -0.25) is 4.79 Å². The number of thioether (sulfide) groups is 1. The van der Waals surface area contributed by atoms with Crippen LogP contribution in [-0.4, -0.2) is 52.0 Å². The lowest BCUT2D eigenvalue weighted by Crippen LogP contribution is -2.34. The summed E-state index contributed by atoms with van der Waals surface area (Å²) in [7, 11) is 0. The summed E-state index contributed by atoms with van der Waals surface area (Å²) in [5, 5.41) is 4.51. The first kappa shape index (κ1) is 22.8. The van der Waals surface area contributed by atoms with Crippen LogP contribution in [0.5, 0.6) is 0 Å². The van der Waals surface area contributed by atoms with Crippen LogP contribution in [0.15, 0.2) is 36.4 Å². The van der Waals surface area contributed by atoms with E-state index in [-0.39, 0.29) is 5.95 Å². The van der Waals surface area contributed by atoms with E-state index >= 15 is 0 Å². The summed E-state index contributed by atoms with van der Waals surface area (Å²) >= 11 is 2.00. The number of para-hydroxylation sites is 1. The van der Waals surface area contributed by atoms with E-state index in [4.69, 9.17) is 16.5 Å². The molecule has 172 valence electrons. The Kier molecular flexibility index (Phi) is 7.29. The monoisotopic (exact) mass is 463 g/mol. The Labute approximate surface area is 197 Å². The minimum atomic E-state index is -0.523. The van der Waals surface area contributed by atoms with Crippen molar-refractivity contribution in [2.75, 3.05) is 47.1 Å². The number of aryl methyl sites for hydroxylation is 2. The van der Waals surface area contributed by atoms with Gasteiger partial charge in [0, 0.05) is 48.2 Å². The molecule has 2 aromatic heterocycles. The quantitative estimate of drug-likeness (QED) is 0.344. The number of fused-ring (bicyclic) bond motifs is 1. The average molecular weight is 464 g/mol. The minimum absolute atomic E-state index is 0.190. The van der Waals surface area contributed by atoms with Crippen molar-refractivity contribution in [2.45, 2.75) is 19.8 Å². The summed E-state index contributed by atoms with van der Waals surface area (Å²) in [6.45, 7) is 4.57. The van der Waals surface area contributed by atoms with Crippen LogP contribution in [0.3, 0.4) is 0 Å². The standard InChI is InChI=1S/C24H29N7OS/c1-16-19(8-9-21(25)32)22(30-24(26)28-16)27-10-4-6-18-15-17-5-2-3-7-20(17)29-23(18)31-11-13-33-14-12-31/h2-3,5,7-9,15H,4,6,10-14H2,1H3,(H2,25,32)(H3,26,27,28,30)/b9-8+. The number of hydrogen-bond donors (Lipinski definition) is 3. The molecule has 0 spiro atoms. The Morgan fingerprint density at radius 1 is 1.21 bits per heavy atom. The molecule has 0 radical (unpaired) electrons. The van der Waals surface area contributed by atoms with Crippen LogP contribution in [-0.2, 0) is 11.2 Å². The SMILES string of the molecule is Cc1nc(N)nc(NCCCc2cc3ccccc3nc2N2CCSCC2)c1/C=C/C(N)=O. The number of aromatic nitrogens is 3. The number of hydrogen-bond acceptors (Lipinski definition) is 8. The fourth-order valence-electron chi connectivity index (χ4n) is 3.97. The topological polar surface area (TPSA) is 123 Å². The molecule has 1 aliphatic heterocycles. The number of nitrogen functional groups attached to an aromatic ring is 1. The van der Waals surface area contributed by atoms with Gasteiger partial charge in [0.2, 0.25) is 11.9 Å². The highest BCUT2D eigenvalue weighted by molar-refractivity contribution is 7.99. The lowest BCUT2D eigenvalue weighted by Gasteiger charge is -2.29. The van der Waals surface area contributed by atoms with E-state index in [9.17, 15) is 4.79 Å². The molecule has 1 fully saturated rings. The van der Waals surface area contributed by atoms with Crippen molar-refractivity contribution in [1.82, 2.24) is 15.0 Å². The molecule has 0 bridgehead atoms. The first-order chi connectivity index (χ1) is 16.0. The van der Waals surface area contributed by atoms with Gasteiger partial charge in [0.05, 0.1) is 11.2 Å². The van der Waals surface area contributed by atoms with E-state index in [0.29, 0.717) is 23.6 Å². The van der Waals surface area contributed by atoms with Gasteiger partial charge in [-0.25, -0.2) is 9.97 Å². The minimum Gasteiger partial charge on any atom is -0.369 e. The number of benzene rings is 1. The molecule has 9 heteroatoms. The smallest absolute Gasteiger partial charge is 0.241 e. The normalized spacial score (nSPS) is 14.2. The molecule has 5 N–H and O–H groups in total. The number of nitrogens with two attached hydrogens (primary N) is 2. The Hall–Kier alpha value is -3.33. The van der Waals surface area contributed by atoms with Gasteiger partial charge < -0.3 is 21.7 Å². The van der Waals surface area contributed by atoms with Crippen LogP contribution in [0.2, 0.25) is 0 Å². The molecular formula is C24H29N7OS. The molecule has 4 rings (SSSR count). The molecule has 3 aromatic rings. The molecule has 3 heterocycles. The molecule has 0 atom stereocenters. The van der Waals surface area contributed by atoms with Crippen molar-refractivity contribution < 1.29 is 4.79 Å². The highest BCUT2D eigenvalue weighted by Crippen LogP contribution is 2.27. The van der Waals surface area contributed by atoms with Gasteiger partial charge >= 0.3 is 0 Å². The van der Waals surface area contributed by atoms with Gasteiger partial charge in [-0.15, -0.1) is 0 Å². The first-order valence-electron chi connectivity index (χ1n) is 11.1. The fraction of sp³-hybridized carbons (Fsp3) is 0.333. The summed E-state index contributed by atoms with van der Waals surface area (Å²) in [4.78, 5) is 27.1. The van der Waals surface area contributed by atoms with Crippen LogP contribution in [0.4, 0.5) is 17.6 Å².